The van der Waals surface area contributed by atoms with Gasteiger partial charge in [-0.3, -0.25) is 4.79 Å². The van der Waals surface area contributed by atoms with E-state index in [0.29, 0.717) is 0 Å². The first-order valence-corrected chi connectivity index (χ1v) is 6.82. The molecule has 2 aromatic rings. The fourth-order valence-electron chi connectivity index (χ4n) is 2.35. The average molecular weight is 252 g/mol. The topological polar surface area (TPSA) is 17.1 Å². The number of hydrogen-bond acceptors (Lipinski definition) is 1. The lowest BCUT2D eigenvalue weighted by molar-refractivity contribution is 0.0966. The minimum Gasteiger partial charge on any atom is -0.294 e. The summed E-state index contributed by atoms with van der Waals surface area (Å²) in [6.07, 6.45) is 0.965. The molecule has 1 unspecified atom stereocenters. The third-order valence-electron chi connectivity index (χ3n) is 3.71. The van der Waals surface area contributed by atoms with E-state index in [1.54, 1.807) is 0 Å². The van der Waals surface area contributed by atoms with Gasteiger partial charge in [0.05, 0.1) is 0 Å². The van der Waals surface area contributed by atoms with Crippen molar-refractivity contribution >= 4 is 5.78 Å². The van der Waals surface area contributed by atoms with Crippen LogP contribution in [-0.2, 0) is 6.42 Å². The maximum absolute atomic E-state index is 12.5. The molecule has 0 saturated carbocycles. The summed E-state index contributed by atoms with van der Waals surface area (Å²) in [5, 5.41) is 0. The molecule has 0 aliphatic carbocycles. The lowest BCUT2D eigenvalue weighted by Gasteiger charge is -2.12. The van der Waals surface area contributed by atoms with E-state index in [4.69, 9.17) is 0 Å². The Morgan fingerprint density at radius 2 is 1.79 bits per heavy atom. The predicted octanol–water partition coefficient (Wildman–Crippen LogP) is 4.54. The van der Waals surface area contributed by atoms with E-state index in [-0.39, 0.29) is 11.7 Å². The Morgan fingerprint density at radius 3 is 2.42 bits per heavy atom. The van der Waals surface area contributed by atoms with Crippen molar-refractivity contribution in [3.05, 3.63) is 70.8 Å². The van der Waals surface area contributed by atoms with Crippen LogP contribution in [0.15, 0.2) is 48.5 Å². The van der Waals surface area contributed by atoms with Gasteiger partial charge in [-0.25, -0.2) is 0 Å². The average Bonchev–Trinajstić information content (AvgIpc) is 2.47. The standard InChI is InChI=1S/C18H20O/c1-4-15-12-17(11-10-13(15)2)18(19)14(3)16-8-6-5-7-9-16/h5-12,14H,4H2,1-3H3. The lowest BCUT2D eigenvalue weighted by Crippen LogP contribution is -2.10. The molecule has 19 heavy (non-hydrogen) atoms. The molecule has 0 saturated heterocycles. The summed E-state index contributed by atoms with van der Waals surface area (Å²) in [6.45, 7) is 6.19. The number of carbonyl (C=O) groups excluding carboxylic acids is 1. The Morgan fingerprint density at radius 1 is 1.11 bits per heavy atom. The second-order valence-corrected chi connectivity index (χ2v) is 4.99. The Labute approximate surface area is 115 Å². The van der Waals surface area contributed by atoms with Crippen LogP contribution >= 0.6 is 0 Å². The van der Waals surface area contributed by atoms with Gasteiger partial charge in [0.15, 0.2) is 5.78 Å². The van der Waals surface area contributed by atoms with Gasteiger partial charge in [0.25, 0.3) is 0 Å². The van der Waals surface area contributed by atoms with Crippen LogP contribution in [0.4, 0.5) is 0 Å². The van der Waals surface area contributed by atoms with Gasteiger partial charge in [-0.15, -0.1) is 0 Å². The highest BCUT2D eigenvalue weighted by molar-refractivity contribution is 6.00. The quantitative estimate of drug-likeness (QED) is 0.730. The van der Waals surface area contributed by atoms with Crippen LogP contribution in [-0.4, -0.2) is 5.78 Å². The Bertz CT molecular complexity index is 569. The molecule has 1 atom stereocenters. The highest BCUT2D eigenvalue weighted by Gasteiger charge is 2.17. The van der Waals surface area contributed by atoms with Gasteiger partial charge in [-0.1, -0.05) is 56.3 Å². The molecule has 0 radical (unpaired) electrons. The van der Waals surface area contributed by atoms with Crippen LogP contribution in [0.5, 0.6) is 0 Å². The molecule has 0 bridgehead atoms. The van der Waals surface area contributed by atoms with Gasteiger partial charge >= 0.3 is 0 Å². The monoisotopic (exact) mass is 252 g/mol. The van der Waals surface area contributed by atoms with Crippen molar-refractivity contribution in [3.63, 3.8) is 0 Å². The van der Waals surface area contributed by atoms with E-state index in [0.717, 1.165) is 17.5 Å². The number of Topliss-reactive ketones (excluding diaryl/α,β-unsaturated/α-hetero) is 1. The molecule has 0 fully saturated rings. The number of ketones is 1. The molecule has 2 aromatic carbocycles. The van der Waals surface area contributed by atoms with Crippen molar-refractivity contribution < 1.29 is 4.79 Å². The molecule has 0 aliphatic rings. The van der Waals surface area contributed by atoms with Gasteiger partial charge in [0.2, 0.25) is 0 Å². The Balaban J connectivity index is 2.29. The molecule has 0 N–H and O–H groups in total. The molecule has 0 amide bonds. The van der Waals surface area contributed by atoms with Gasteiger partial charge in [0, 0.05) is 11.5 Å². The van der Waals surface area contributed by atoms with Gasteiger partial charge in [-0.05, 0) is 36.1 Å². The van der Waals surface area contributed by atoms with Crippen LogP contribution in [0.1, 0.15) is 46.8 Å². The van der Waals surface area contributed by atoms with Crippen molar-refractivity contribution in [1.82, 2.24) is 0 Å². The molecule has 0 aliphatic heterocycles. The van der Waals surface area contributed by atoms with Gasteiger partial charge in [-0.2, -0.15) is 0 Å². The molecule has 1 heteroatoms. The Hall–Kier alpha value is -1.89. The SMILES string of the molecule is CCc1cc(C(=O)C(C)c2ccccc2)ccc1C. The first-order valence-electron chi connectivity index (χ1n) is 6.82. The van der Waals surface area contributed by atoms with E-state index < -0.39 is 0 Å². The van der Waals surface area contributed by atoms with Gasteiger partial charge in [0.1, 0.15) is 0 Å². The zero-order chi connectivity index (χ0) is 13.8. The molecule has 0 spiro atoms. The van der Waals surface area contributed by atoms with E-state index >= 15 is 0 Å². The van der Waals surface area contributed by atoms with E-state index in [2.05, 4.69) is 13.8 Å². The van der Waals surface area contributed by atoms with Crippen molar-refractivity contribution in [1.29, 1.82) is 0 Å². The summed E-state index contributed by atoms with van der Waals surface area (Å²) in [7, 11) is 0. The zero-order valence-corrected chi connectivity index (χ0v) is 11.8. The normalized spacial score (nSPS) is 12.2. The number of carbonyl (C=O) groups is 1. The fraction of sp³-hybridized carbons (Fsp3) is 0.278. The summed E-state index contributed by atoms with van der Waals surface area (Å²) in [4.78, 5) is 12.5. The summed E-state index contributed by atoms with van der Waals surface area (Å²) in [6, 6.07) is 16.0. The van der Waals surface area contributed by atoms with Crippen LogP contribution in [0.25, 0.3) is 0 Å². The molecular formula is C18H20O. The van der Waals surface area contributed by atoms with E-state index in [9.17, 15) is 4.79 Å². The number of benzene rings is 2. The summed E-state index contributed by atoms with van der Waals surface area (Å²) < 4.78 is 0. The smallest absolute Gasteiger partial charge is 0.170 e. The first-order chi connectivity index (χ1) is 9.13. The lowest BCUT2D eigenvalue weighted by atomic mass is 9.90. The molecule has 0 heterocycles. The summed E-state index contributed by atoms with van der Waals surface area (Å²) in [5.74, 6) is 0.106. The van der Waals surface area contributed by atoms with Crippen molar-refractivity contribution in [3.8, 4) is 0 Å². The van der Waals surface area contributed by atoms with Crippen LogP contribution in [0.2, 0.25) is 0 Å². The van der Waals surface area contributed by atoms with Crippen LogP contribution in [0, 0.1) is 6.92 Å². The molecule has 2 rings (SSSR count). The summed E-state index contributed by atoms with van der Waals surface area (Å²) >= 11 is 0. The highest BCUT2D eigenvalue weighted by atomic mass is 16.1. The minimum absolute atomic E-state index is 0.0892. The second-order valence-electron chi connectivity index (χ2n) is 4.99. The minimum atomic E-state index is -0.0892. The molecule has 98 valence electrons. The van der Waals surface area contributed by atoms with Crippen LogP contribution < -0.4 is 0 Å². The molecular weight excluding hydrogens is 232 g/mol. The molecule has 1 nitrogen and oxygen atoms in total. The maximum Gasteiger partial charge on any atom is 0.170 e. The van der Waals surface area contributed by atoms with Crippen LogP contribution in [0.3, 0.4) is 0 Å². The largest absolute Gasteiger partial charge is 0.294 e. The third-order valence-corrected chi connectivity index (χ3v) is 3.71. The van der Waals surface area contributed by atoms with Crippen molar-refractivity contribution in [2.24, 2.45) is 0 Å². The zero-order valence-electron chi connectivity index (χ0n) is 11.8. The number of rotatable bonds is 4. The highest BCUT2D eigenvalue weighted by Crippen LogP contribution is 2.22. The van der Waals surface area contributed by atoms with E-state index in [1.807, 2.05) is 55.5 Å². The first kappa shape index (κ1) is 13.5. The molecule has 0 aromatic heterocycles. The maximum atomic E-state index is 12.5. The second kappa shape index (κ2) is 5.83. The summed E-state index contributed by atoms with van der Waals surface area (Å²) in [5.41, 5.74) is 4.41. The number of aryl methyl sites for hydroxylation is 2. The van der Waals surface area contributed by atoms with Crippen molar-refractivity contribution in [2.75, 3.05) is 0 Å². The van der Waals surface area contributed by atoms with E-state index in [1.165, 1.54) is 11.1 Å². The third kappa shape index (κ3) is 2.93. The van der Waals surface area contributed by atoms with Gasteiger partial charge < -0.3 is 0 Å². The Kier molecular flexibility index (Phi) is 4.16. The number of hydrogen-bond donors (Lipinski definition) is 0. The van der Waals surface area contributed by atoms with Crippen molar-refractivity contribution in [2.45, 2.75) is 33.1 Å². The fourth-order valence-corrected chi connectivity index (χ4v) is 2.35. The predicted molar refractivity (Wildman–Crippen MR) is 79.7 cm³/mol.